The van der Waals surface area contributed by atoms with E-state index in [0.29, 0.717) is 23.0 Å². The molecule has 3 heterocycles. The summed E-state index contributed by atoms with van der Waals surface area (Å²) < 4.78 is 41.6. The number of nitrogens with zero attached hydrogens (tertiary/aromatic N) is 1. The molecule has 1 saturated heterocycles. The zero-order valence-corrected chi connectivity index (χ0v) is 17.4. The number of H-pyrrole nitrogens is 1. The molecule has 1 amide bonds. The first kappa shape index (κ1) is 21.0. The number of aromatic amines is 1. The number of halogens is 3. The maximum absolute atomic E-state index is 13.9. The Bertz CT molecular complexity index is 1080. The lowest BCUT2D eigenvalue weighted by Gasteiger charge is -2.31. The second-order valence-electron chi connectivity index (χ2n) is 8.51. The van der Waals surface area contributed by atoms with Crippen LogP contribution < -0.4 is 21.3 Å². The highest BCUT2D eigenvalue weighted by Gasteiger charge is 2.39. The summed E-state index contributed by atoms with van der Waals surface area (Å²) in [5, 5.41) is 13.0. The van der Waals surface area contributed by atoms with E-state index in [9.17, 15) is 18.0 Å². The molecule has 0 radical (unpaired) electrons. The van der Waals surface area contributed by atoms with E-state index in [-0.39, 0.29) is 17.7 Å². The number of alkyl halides is 3. The van der Waals surface area contributed by atoms with Crippen LogP contribution >= 0.6 is 0 Å². The van der Waals surface area contributed by atoms with Crippen molar-refractivity contribution >= 4 is 34.9 Å². The number of hydrogen-bond donors (Lipinski definition) is 5. The lowest BCUT2D eigenvalue weighted by molar-refractivity contribution is -0.105. The lowest BCUT2D eigenvalue weighted by atomic mass is 9.99. The number of rotatable bonds is 6. The van der Waals surface area contributed by atoms with Crippen molar-refractivity contribution in [3.8, 4) is 0 Å². The van der Waals surface area contributed by atoms with Gasteiger partial charge in [0.25, 0.3) is 0 Å². The van der Waals surface area contributed by atoms with Crippen molar-refractivity contribution in [2.75, 3.05) is 18.4 Å². The fraction of sp³-hybridized carbons (Fsp3) is 0.455. The van der Waals surface area contributed by atoms with Crippen LogP contribution in [0, 0.1) is 0 Å². The molecule has 2 aliphatic heterocycles. The number of allylic oxidation sites excluding steroid dienone is 1. The monoisotopic (exact) mass is 446 g/mol. The van der Waals surface area contributed by atoms with E-state index < -0.39 is 18.0 Å². The fourth-order valence-corrected chi connectivity index (χ4v) is 4.62. The second kappa shape index (κ2) is 8.25. The summed E-state index contributed by atoms with van der Waals surface area (Å²) in [6.45, 7) is 1.70. The largest absolute Gasteiger partial charge is 0.419 e. The maximum atomic E-state index is 13.9. The minimum atomic E-state index is -4.55. The van der Waals surface area contributed by atoms with Gasteiger partial charge in [-0.05, 0) is 44.2 Å². The van der Waals surface area contributed by atoms with E-state index >= 15 is 0 Å². The van der Waals surface area contributed by atoms with Crippen LogP contribution in [-0.2, 0) is 4.79 Å². The standard InChI is InChI=1S/C22H25F3N6O/c23-22(24,25)16-10-28-21(30-13-2-1-7-26-8-13)31-19(16)15-9-27-20-14(15)5-6-17(29-11-32)18(20)12-3-4-12/h5-6,9-13,21,26-27,30-31H,1-4,7-8H2,(H,29,32). The minimum absolute atomic E-state index is 0.00198. The summed E-state index contributed by atoms with van der Waals surface area (Å²) in [5.74, 6) is 0.290. The summed E-state index contributed by atoms with van der Waals surface area (Å²) in [4.78, 5) is 18.3. The molecule has 10 heteroatoms. The average molecular weight is 446 g/mol. The lowest BCUT2D eigenvalue weighted by Crippen LogP contribution is -2.52. The van der Waals surface area contributed by atoms with Crippen molar-refractivity contribution in [2.24, 2.45) is 4.99 Å². The first-order valence-corrected chi connectivity index (χ1v) is 10.9. The van der Waals surface area contributed by atoms with Crippen molar-refractivity contribution in [1.29, 1.82) is 0 Å². The van der Waals surface area contributed by atoms with Gasteiger partial charge in [-0.2, -0.15) is 13.2 Å². The third-order valence-electron chi connectivity index (χ3n) is 6.26. The van der Waals surface area contributed by atoms with Gasteiger partial charge >= 0.3 is 6.18 Å². The first-order valence-electron chi connectivity index (χ1n) is 10.9. The van der Waals surface area contributed by atoms with Crippen molar-refractivity contribution in [2.45, 2.75) is 50.1 Å². The Balaban J connectivity index is 1.54. The SMILES string of the molecule is O=CNc1ccc2c(C3=C(C(F)(F)F)C=NC(NC4CCCNC4)N3)c[nH]c2c1C1CC1. The van der Waals surface area contributed by atoms with E-state index in [1.54, 1.807) is 18.3 Å². The van der Waals surface area contributed by atoms with E-state index in [4.69, 9.17) is 0 Å². The molecule has 2 fully saturated rings. The quantitative estimate of drug-likeness (QED) is 0.441. The van der Waals surface area contributed by atoms with Gasteiger partial charge in [0.05, 0.1) is 16.8 Å². The smallest absolute Gasteiger partial charge is 0.360 e. The van der Waals surface area contributed by atoms with E-state index in [1.807, 2.05) is 0 Å². The zero-order chi connectivity index (χ0) is 22.3. The molecule has 5 N–H and O–H groups in total. The highest BCUT2D eigenvalue weighted by atomic mass is 19.4. The Labute approximate surface area is 182 Å². The summed E-state index contributed by atoms with van der Waals surface area (Å²) in [7, 11) is 0. The Kier molecular flexibility index (Phi) is 5.42. The second-order valence-corrected chi connectivity index (χ2v) is 8.51. The number of hydrogen-bond acceptors (Lipinski definition) is 5. The normalized spacial score (nSPS) is 24.0. The average Bonchev–Trinajstić information content (AvgIpc) is 3.52. The molecule has 2 atom stereocenters. The van der Waals surface area contributed by atoms with Gasteiger partial charge in [0.2, 0.25) is 6.41 Å². The van der Waals surface area contributed by atoms with Crippen molar-refractivity contribution in [1.82, 2.24) is 20.9 Å². The third-order valence-corrected chi connectivity index (χ3v) is 6.26. The predicted octanol–water partition coefficient (Wildman–Crippen LogP) is 3.19. The van der Waals surface area contributed by atoms with Crippen molar-refractivity contribution < 1.29 is 18.0 Å². The van der Waals surface area contributed by atoms with Gasteiger partial charge in [-0.25, -0.2) is 0 Å². The minimum Gasteiger partial charge on any atom is -0.360 e. The number of anilines is 1. The Morgan fingerprint density at radius 2 is 2.03 bits per heavy atom. The van der Waals surface area contributed by atoms with Crippen LogP contribution in [0.5, 0.6) is 0 Å². The molecular formula is C22H25F3N6O. The van der Waals surface area contributed by atoms with Crippen LogP contribution in [0.3, 0.4) is 0 Å². The van der Waals surface area contributed by atoms with E-state index in [1.165, 1.54) is 0 Å². The molecule has 3 aliphatic rings. The van der Waals surface area contributed by atoms with E-state index in [0.717, 1.165) is 56.1 Å². The molecule has 32 heavy (non-hydrogen) atoms. The Morgan fingerprint density at radius 3 is 2.72 bits per heavy atom. The van der Waals surface area contributed by atoms with Gasteiger partial charge in [-0.3, -0.25) is 15.1 Å². The molecular weight excluding hydrogens is 421 g/mol. The van der Waals surface area contributed by atoms with Crippen LogP contribution in [0.2, 0.25) is 0 Å². The Hall–Kier alpha value is -2.85. The predicted molar refractivity (Wildman–Crippen MR) is 117 cm³/mol. The summed E-state index contributed by atoms with van der Waals surface area (Å²) >= 11 is 0. The van der Waals surface area contributed by atoms with Gasteiger partial charge in [-0.1, -0.05) is 6.07 Å². The van der Waals surface area contributed by atoms with Crippen molar-refractivity contribution in [3.05, 3.63) is 35.0 Å². The summed E-state index contributed by atoms with van der Waals surface area (Å²) in [6, 6.07) is 3.64. The molecule has 2 unspecified atom stereocenters. The van der Waals surface area contributed by atoms with Gasteiger partial charge in [-0.15, -0.1) is 0 Å². The van der Waals surface area contributed by atoms with Gasteiger partial charge in [0.1, 0.15) is 0 Å². The van der Waals surface area contributed by atoms with Crippen LogP contribution in [0.1, 0.15) is 42.7 Å². The van der Waals surface area contributed by atoms with Crippen LogP contribution in [0.25, 0.3) is 16.6 Å². The molecule has 7 nitrogen and oxygen atoms in total. The molecule has 1 aromatic heterocycles. The molecule has 1 saturated carbocycles. The highest BCUT2D eigenvalue weighted by Crippen LogP contribution is 2.47. The van der Waals surface area contributed by atoms with Crippen LogP contribution in [0.4, 0.5) is 18.9 Å². The third kappa shape index (κ3) is 4.00. The molecule has 5 rings (SSSR count). The number of aromatic nitrogens is 1. The number of amides is 1. The van der Waals surface area contributed by atoms with E-state index in [2.05, 4.69) is 31.2 Å². The molecule has 2 aromatic rings. The number of carbonyl (C=O) groups excluding carboxylic acids is 1. The maximum Gasteiger partial charge on any atom is 0.419 e. The molecule has 1 aromatic carbocycles. The summed E-state index contributed by atoms with van der Waals surface area (Å²) in [6.07, 6.45) is 1.88. The number of benzene rings is 1. The van der Waals surface area contributed by atoms with Crippen molar-refractivity contribution in [3.63, 3.8) is 0 Å². The summed E-state index contributed by atoms with van der Waals surface area (Å²) in [5.41, 5.74) is 2.03. The number of aliphatic imine (C=N–C) groups is 1. The fourth-order valence-electron chi connectivity index (χ4n) is 4.62. The van der Waals surface area contributed by atoms with Gasteiger partial charge < -0.3 is 20.9 Å². The number of nitrogens with one attached hydrogen (secondary N) is 5. The van der Waals surface area contributed by atoms with Crippen LogP contribution in [0.15, 0.2) is 28.9 Å². The highest BCUT2D eigenvalue weighted by molar-refractivity contribution is 6.03. The number of carbonyl (C=O) groups is 1. The molecule has 170 valence electrons. The van der Waals surface area contributed by atoms with Gasteiger partial charge in [0, 0.05) is 47.2 Å². The molecule has 0 bridgehead atoms. The molecule has 1 aliphatic carbocycles. The van der Waals surface area contributed by atoms with Crippen LogP contribution in [-0.4, -0.2) is 49.2 Å². The van der Waals surface area contributed by atoms with Gasteiger partial charge in [0.15, 0.2) is 6.29 Å². The first-order chi connectivity index (χ1) is 15.5. The number of fused-ring (bicyclic) bond motifs is 1. The zero-order valence-electron chi connectivity index (χ0n) is 17.4. The topological polar surface area (TPSA) is 93.3 Å². The molecule has 0 spiro atoms. The number of piperidine rings is 1. The Morgan fingerprint density at radius 1 is 1.19 bits per heavy atom.